The van der Waals surface area contributed by atoms with Crippen molar-refractivity contribution in [2.45, 2.75) is 6.54 Å². The lowest BCUT2D eigenvalue weighted by atomic mass is 10.2. The number of aromatic nitrogens is 2. The smallest absolute Gasteiger partial charge is 0.171 e. The predicted octanol–water partition coefficient (Wildman–Crippen LogP) is 3.50. The maximum Gasteiger partial charge on any atom is 0.171 e. The Labute approximate surface area is 139 Å². The van der Waals surface area contributed by atoms with Gasteiger partial charge in [0.15, 0.2) is 5.11 Å². The van der Waals surface area contributed by atoms with Gasteiger partial charge >= 0.3 is 0 Å². The standard InChI is InChI=1S/C17H15FN4S/c18-14-3-5-15(6-4-14)21-17(23)20-11-13-1-7-16(8-2-13)22-10-9-19-12-22/h1-10,12H,11H2,(H2,20,21,23). The van der Waals surface area contributed by atoms with Gasteiger partial charge in [-0.3, -0.25) is 0 Å². The lowest BCUT2D eigenvalue weighted by Gasteiger charge is -2.11. The van der Waals surface area contributed by atoms with Crippen LogP contribution in [-0.2, 0) is 6.54 Å². The molecular formula is C17H15FN4S. The number of rotatable bonds is 4. The molecule has 0 saturated carbocycles. The molecule has 0 unspecified atom stereocenters. The fourth-order valence-corrected chi connectivity index (χ4v) is 2.28. The first-order chi connectivity index (χ1) is 11.2. The molecule has 116 valence electrons. The monoisotopic (exact) mass is 326 g/mol. The van der Waals surface area contributed by atoms with Gasteiger partial charge in [-0.2, -0.15) is 0 Å². The van der Waals surface area contributed by atoms with Crippen molar-refractivity contribution in [2.24, 2.45) is 0 Å². The van der Waals surface area contributed by atoms with Gasteiger partial charge in [0.2, 0.25) is 0 Å². The minimum absolute atomic E-state index is 0.271. The summed E-state index contributed by atoms with van der Waals surface area (Å²) in [5, 5.41) is 6.63. The Kier molecular flexibility index (Phi) is 4.63. The molecule has 1 aromatic heterocycles. The SMILES string of the molecule is Fc1ccc(NC(=S)NCc2ccc(-n3ccnc3)cc2)cc1. The molecule has 0 saturated heterocycles. The third-order valence-electron chi connectivity index (χ3n) is 3.29. The first-order valence-electron chi connectivity index (χ1n) is 7.08. The first kappa shape index (κ1) is 15.2. The zero-order valence-corrected chi connectivity index (χ0v) is 13.1. The Bertz CT molecular complexity index is 767. The largest absolute Gasteiger partial charge is 0.358 e. The van der Waals surface area contributed by atoms with Crippen molar-refractivity contribution in [1.82, 2.24) is 14.9 Å². The van der Waals surface area contributed by atoms with Gasteiger partial charge in [0.1, 0.15) is 5.82 Å². The van der Waals surface area contributed by atoms with Gasteiger partial charge in [0.05, 0.1) is 6.33 Å². The molecule has 3 aromatic rings. The third-order valence-corrected chi connectivity index (χ3v) is 3.54. The van der Waals surface area contributed by atoms with Crippen molar-refractivity contribution in [3.63, 3.8) is 0 Å². The van der Waals surface area contributed by atoms with Gasteiger partial charge in [-0.05, 0) is 54.2 Å². The molecule has 0 aliphatic rings. The van der Waals surface area contributed by atoms with Crippen LogP contribution in [0.25, 0.3) is 5.69 Å². The quantitative estimate of drug-likeness (QED) is 0.720. The second kappa shape index (κ2) is 7.02. The highest BCUT2D eigenvalue weighted by Crippen LogP contribution is 2.10. The highest BCUT2D eigenvalue weighted by molar-refractivity contribution is 7.80. The van der Waals surface area contributed by atoms with Gasteiger partial charge < -0.3 is 15.2 Å². The molecule has 4 nitrogen and oxygen atoms in total. The molecule has 0 spiro atoms. The van der Waals surface area contributed by atoms with E-state index in [1.54, 1.807) is 24.7 Å². The zero-order valence-electron chi connectivity index (χ0n) is 12.2. The fourth-order valence-electron chi connectivity index (χ4n) is 2.09. The zero-order chi connectivity index (χ0) is 16.1. The van der Waals surface area contributed by atoms with Crippen LogP contribution >= 0.6 is 12.2 Å². The van der Waals surface area contributed by atoms with Crippen molar-refractivity contribution in [1.29, 1.82) is 0 Å². The molecule has 0 aliphatic heterocycles. The summed E-state index contributed by atoms with van der Waals surface area (Å²) in [5.74, 6) is -0.271. The Morgan fingerprint density at radius 1 is 1.09 bits per heavy atom. The van der Waals surface area contributed by atoms with Crippen LogP contribution in [0.2, 0.25) is 0 Å². The molecule has 0 fully saturated rings. The molecule has 2 N–H and O–H groups in total. The number of nitrogens with one attached hydrogen (secondary N) is 2. The summed E-state index contributed by atoms with van der Waals surface area (Å²) in [6, 6.07) is 14.2. The molecule has 0 bridgehead atoms. The second-order valence-corrected chi connectivity index (χ2v) is 5.36. The molecule has 23 heavy (non-hydrogen) atoms. The predicted molar refractivity (Wildman–Crippen MR) is 93.0 cm³/mol. The van der Waals surface area contributed by atoms with Crippen molar-refractivity contribution in [3.8, 4) is 5.69 Å². The number of thiocarbonyl (C=S) groups is 1. The second-order valence-electron chi connectivity index (χ2n) is 4.95. The normalized spacial score (nSPS) is 10.3. The van der Waals surface area contributed by atoms with Gasteiger partial charge in [0.25, 0.3) is 0 Å². The van der Waals surface area contributed by atoms with Crippen LogP contribution in [0.3, 0.4) is 0 Å². The topological polar surface area (TPSA) is 41.9 Å². The maximum atomic E-state index is 12.8. The van der Waals surface area contributed by atoms with Crippen LogP contribution in [0, 0.1) is 5.82 Å². The van der Waals surface area contributed by atoms with E-state index in [0.717, 1.165) is 16.9 Å². The van der Waals surface area contributed by atoms with E-state index >= 15 is 0 Å². The third kappa shape index (κ3) is 4.14. The van der Waals surface area contributed by atoms with E-state index in [1.807, 2.05) is 35.0 Å². The summed E-state index contributed by atoms with van der Waals surface area (Å²) in [5.41, 5.74) is 2.91. The number of hydrogen-bond donors (Lipinski definition) is 2. The van der Waals surface area contributed by atoms with Crippen LogP contribution < -0.4 is 10.6 Å². The van der Waals surface area contributed by atoms with Gasteiger partial charge in [-0.15, -0.1) is 0 Å². The molecule has 1 heterocycles. The lowest BCUT2D eigenvalue weighted by Crippen LogP contribution is -2.27. The van der Waals surface area contributed by atoms with Crippen LogP contribution in [0.4, 0.5) is 10.1 Å². The van der Waals surface area contributed by atoms with Crippen LogP contribution in [0.1, 0.15) is 5.56 Å². The Morgan fingerprint density at radius 2 is 1.83 bits per heavy atom. The number of nitrogens with zero attached hydrogens (tertiary/aromatic N) is 2. The van der Waals surface area contributed by atoms with Crippen LogP contribution in [-0.4, -0.2) is 14.7 Å². The minimum Gasteiger partial charge on any atom is -0.358 e. The number of halogens is 1. The molecule has 0 aliphatic carbocycles. The van der Waals surface area contributed by atoms with E-state index in [4.69, 9.17) is 12.2 Å². The highest BCUT2D eigenvalue weighted by Gasteiger charge is 2.00. The van der Waals surface area contributed by atoms with Crippen LogP contribution in [0.5, 0.6) is 0 Å². The summed E-state index contributed by atoms with van der Waals surface area (Å²) in [6.45, 7) is 0.608. The summed E-state index contributed by atoms with van der Waals surface area (Å²) in [6.07, 6.45) is 5.40. The Balaban J connectivity index is 1.53. The van der Waals surface area contributed by atoms with E-state index in [9.17, 15) is 4.39 Å². The molecule has 0 radical (unpaired) electrons. The van der Waals surface area contributed by atoms with Gasteiger partial charge in [-0.25, -0.2) is 9.37 Å². The molecule has 2 aromatic carbocycles. The average molecular weight is 326 g/mol. The molecule has 0 atom stereocenters. The molecule has 6 heteroatoms. The molecule has 0 amide bonds. The highest BCUT2D eigenvalue weighted by atomic mass is 32.1. The lowest BCUT2D eigenvalue weighted by molar-refractivity contribution is 0.628. The van der Waals surface area contributed by atoms with Crippen molar-refractivity contribution in [2.75, 3.05) is 5.32 Å². The summed E-state index contributed by atoms with van der Waals surface area (Å²) < 4.78 is 14.8. The minimum atomic E-state index is -0.271. The van der Waals surface area contributed by atoms with Gasteiger partial charge in [0, 0.05) is 30.3 Å². The maximum absolute atomic E-state index is 12.8. The van der Waals surface area contributed by atoms with E-state index in [0.29, 0.717) is 11.7 Å². The number of imidazole rings is 1. The average Bonchev–Trinajstić information content (AvgIpc) is 3.10. The number of benzene rings is 2. The van der Waals surface area contributed by atoms with Crippen molar-refractivity contribution >= 4 is 23.0 Å². The first-order valence-corrected chi connectivity index (χ1v) is 7.49. The van der Waals surface area contributed by atoms with Gasteiger partial charge in [-0.1, -0.05) is 12.1 Å². The molecular weight excluding hydrogens is 311 g/mol. The van der Waals surface area contributed by atoms with E-state index in [2.05, 4.69) is 15.6 Å². The van der Waals surface area contributed by atoms with Crippen molar-refractivity contribution < 1.29 is 4.39 Å². The van der Waals surface area contributed by atoms with E-state index < -0.39 is 0 Å². The molecule has 3 rings (SSSR count). The Morgan fingerprint density at radius 3 is 2.48 bits per heavy atom. The summed E-state index contributed by atoms with van der Waals surface area (Å²) in [4.78, 5) is 4.03. The van der Waals surface area contributed by atoms with E-state index in [-0.39, 0.29) is 5.82 Å². The van der Waals surface area contributed by atoms with Crippen LogP contribution in [0.15, 0.2) is 67.3 Å². The summed E-state index contributed by atoms with van der Waals surface area (Å²) in [7, 11) is 0. The van der Waals surface area contributed by atoms with Crippen molar-refractivity contribution in [3.05, 3.63) is 78.6 Å². The fraction of sp³-hybridized carbons (Fsp3) is 0.0588. The summed E-state index contributed by atoms with van der Waals surface area (Å²) >= 11 is 5.23. The Hall–Kier alpha value is -2.73. The number of hydrogen-bond acceptors (Lipinski definition) is 2. The number of anilines is 1. The van der Waals surface area contributed by atoms with E-state index in [1.165, 1.54) is 12.1 Å².